The summed E-state index contributed by atoms with van der Waals surface area (Å²) in [4.78, 5) is 15.6. The molecule has 4 aromatic rings. The van der Waals surface area contributed by atoms with Crippen molar-refractivity contribution in [3.05, 3.63) is 36.8 Å². The molecule has 178 valence electrons. The highest BCUT2D eigenvalue weighted by molar-refractivity contribution is 5.84. The molecule has 1 N–H and O–H groups in total. The van der Waals surface area contributed by atoms with E-state index in [9.17, 15) is 0 Å². The van der Waals surface area contributed by atoms with Crippen LogP contribution in [-0.4, -0.2) is 79.4 Å². The van der Waals surface area contributed by atoms with E-state index in [0.29, 0.717) is 40.3 Å². The summed E-state index contributed by atoms with van der Waals surface area (Å²) < 4.78 is 29.4. The predicted molar refractivity (Wildman–Crippen MR) is 123 cm³/mol. The highest BCUT2D eigenvalue weighted by atomic mass is 19.1. The summed E-state index contributed by atoms with van der Waals surface area (Å²) in [5.74, 6) is 0.819. The Morgan fingerprint density at radius 3 is 2.82 bits per heavy atom. The average Bonchev–Trinajstić information content (AvgIpc) is 3.36. The number of piperidine rings is 1. The number of nitrogens with one attached hydrogen (secondary N) is 1. The van der Waals surface area contributed by atoms with Gasteiger partial charge < -0.3 is 14.8 Å². The molecule has 0 aromatic carbocycles. The molecule has 0 bridgehead atoms. The zero-order valence-corrected chi connectivity index (χ0v) is 19.4. The van der Waals surface area contributed by atoms with Gasteiger partial charge in [0, 0.05) is 49.5 Å². The van der Waals surface area contributed by atoms with Crippen molar-refractivity contribution in [2.24, 2.45) is 5.41 Å². The van der Waals surface area contributed by atoms with E-state index in [0.717, 1.165) is 32.7 Å². The van der Waals surface area contributed by atoms with Gasteiger partial charge in [0.15, 0.2) is 5.82 Å². The van der Waals surface area contributed by atoms with Gasteiger partial charge >= 0.3 is 0 Å². The number of hydrogen-bond acceptors (Lipinski definition) is 8. The second-order valence-electron chi connectivity index (χ2n) is 9.70. The third kappa shape index (κ3) is 3.46. The van der Waals surface area contributed by atoms with Crippen molar-refractivity contribution in [2.75, 3.05) is 38.7 Å². The maximum Gasteiger partial charge on any atom is 0.244 e. The number of aromatic nitrogens is 6. The van der Waals surface area contributed by atoms with E-state index < -0.39 is 5.82 Å². The predicted octanol–water partition coefficient (Wildman–Crippen LogP) is 2.50. The summed E-state index contributed by atoms with van der Waals surface area (Å²) in [6.45, 7) is 8.08. The molecule has 6 heterocycles. The van der Waals surface area contributed by atoms with Crippen LogP contribution in [-0.2, 0) is 4.74 Å². The molecule has 0 aliphatic carbocycles. The lowest BCUT2D eigenvalue weighted by Crippen LogP contribution is -2.59. The van der Waals surface area contributed by atoms with Crippen LogP contribution in [0.5, 0.6) is 5.88 Å². The van der Waals surface area contributed by atoms with Crippen molar-refractivity contribution in [3.63, 3.8) is 0 Å². The van der Waals surface area contributed by atoms with Crippen molar-refractivity contribution in [1.82, 2.24) is 33.9 Å². The normalized spacial score (nSPS) is 21.1. The van der Waals surface area contributed by atoms with E-state index in [1.165, 1.54) is 17.8 Å². The van der Waals surface area contributed by atoms with Gasteiger partial charge in [-0.05, 0) is 11.8 Å². The lowest BCUT2D eigenvalue weighted by molar-refractivity contribution is -0.0860. The topological polar surface area (TPSA) is 94.1 Å². The third-order valence-corrected chi connectivity index (χ3v) is 6.98. The van der Waals surface area contributed by atoms with Gasteiger partial charge in [0.25, 0.3) is 0 Å². The summed E-state index contributed by atoms with van der Waals surface area (Å²) >= 11 is 0. The summed E-state index contributed by atoms with van der Waals surface area (Å²) in [5, 5.41) is 8.08. The van der Waals surface area contributed by atoms with Gasteiger partial charge in [0.05, 0.1) is 38.1 Å². The van der Waals surface area contributed by atoms with Crippen molar-refractivity contribution in [3.8, 4) is 17.0 Å². The van der Waals surface area contributed by atoms with E-state index in [4.69, 9.17) is 9.47 Å². The Labute approximate surface area is 195 Å². The number of halogens is 1. The minimum Gasteiger partial charge on any atom is -0.479 e. The van der Waals surface area contributed by atoms with Crippen LogP contribution in [0.25, 0.3) is 22.4 Å². The van der Waals surface area contributed by atoms with E-state index in [1.807, 2.05) is 0 Å². The maximum absolute atomic E-state index is 15.2. The molecular weight excluding hydrogens is 439 g/mol. The van der Waals surface area contributed by atoms with Gasteiger partial charge in [0.1, 0.15) is 5.52 Å². The molecule has 2 saturated heterocycles. The first-order valence-electron chi connectivity index (χ1n) is 11.4. The highest BCUT2D eigenvalue weighted by Gasteiger charge is 2.40. The van der Waals surface area contributed by atoms with Crippen LogP contribution in [0.3, 0.4) is 0 Å². The number of nitrogens with zero attached hydrogens (tertiary/aromatic N) is 7. The number of fused-ring (bicyclic) bond motifs is 2. The number of hydrogen-bond donors (Lipinski definition) is 1. The molecule has 11 heteroatoms. The molecule has 1 atom stereocenters. The second-order valence-corrected chi connectivity index (χ2v) is 9.70. The second kappa shape index (κ2) is 7.88. The zero-order chi connectivity index (χ0) is 23.4. The minimum atomic E-state index is -0.428. The first kappa shape index (κ1) is 21.2. The number of rotatable bonds is 5. The fourth-order valence-electron chi connectivity index (χ4n) is 5.01. The van der Waals surface area contributed by atoms with Crippen molar-refractivity contribution < 1.29 is 13.9 Å². The third-order valence-electron chi connectivity index (χ3n) is 6.98. The zero-order valence-electron chi connectivity index (χ0n) is 19.4. The highest BCUT2D eigenvalue weighted by Crippen LogP contribution is 2.36. The molecule has 0 radical (unpaired) electrons. The van der Waals surface area contributed by atoms with Crippen LogP contribution < -0.4 is 10.1 Å². The standard InChI is InChI=1S/C23H27FN8O2/c1-23(2)13-31(15-11-34-12-15)6-4-17(23)27-21-28-20(33-3)19-18(16(24)10-32(19)29-21)14-8-26-22-25-5-7-30(22)9-14/h5,7-10,15,17H,4,6,11-13H2,1-3H3,(H,27,29)/t17-/m0/s1. The monoisotopic (exact) mass is 466 g/mol. The van der Waals surface area contributed by atoms with E-state index in [-0.39, 0.29) is 11.5 Å². The molecule has 6 rings (SSSR count). The molecule has 0 saturated carbocycles. The number of ether oxygens (including phenoxy) is 2. The quantitative estimate of drug-likeness (QED) is 0.480. The minimum absolute atomic E-state index is 0.00162. The molecule has 0 amide bonds. The van der Waals surface area contributed by atoms with Gasteiger partial charge in [-0.3, -0.25) is 9.30 Å². The van der Waals surface area contributed by atoms with Crippen LogP contribution in [0.2, 0.25) is 0 Å². The molecule has 34 heavy (non-hydrogen) atoms. The van der Waals surface area contributed by atoms with Crippen molar-refractivity contribution >= 4 is 17.2 Å². The van der Waals surface area contributed by atoms with Gasteiger partial charge in [-0.2, -0.15) is 4.98 Å². The number of methoxy groups -OCH3 is 1. The molecule has 10 nitrogen and oxygen atoms in total. The van der Waals surface area contributed by atoms with E-state index in [1.54, 1.807) is 29.2 Å². The summed E-state index contributed by atoms with van der Waals surface area (Å²) in [7, 11) is 1.53. The maximum atomic E-state index is 15.2. The van der Waals surface area contributed by atoms with Crippen molar-refractivity contribution in [1.29, 1.82) is 0 Å². The van der Waals surface area contributed by atoms with Crippen LogP contribution in [0, 0.1) is 11.2 Å². The number of likely N-dealkylation sites (tertiary alicyclic amines) is 1. The van der Waals surface area contributed by atoms with Crippen LogP contribution in [0.4, 0.5) is 10.3 Å². The largest absolute Gasteiger partial charge is 0.479 e. The summed E-state index contributed by atoms with van der Waals surface area (Å²) in [6, 6.07) is 0.685. The fourth-order valence-corrected chi connectivity index (χ4v) is 5.01. The van der Waals surface area contributed by atoms with Crippen LogP contribution in [0.1, 0.15) is 20.3 Å². The van der Waals surface area contributed by atoms with Crippen LogP contribution in [0.15, 0.2) is 31.0 Å². The molecule has 0 unspecified atom stereocenters. The molecule has 0 spiro atoms. The van der Waals surface area contributed by atoms with Gasteiger partial charge in [-0.15, -0.1) is 5.10 Å². The van der Waals surface area contributed by atoms with Crippen molar-refractivity contribution in [2.45, 2.75) is 32.4 Å². The Kier molecular flexibility index (Phi) is 4.92. The molecule has 2 aliphatic heterocycles. The fraction of sp³-hybridized carbons (Fsp3) is 0.478. The lowest BCUT2D eigenvalue weighted by atomic mass is 9.78. The van der Waals surface area contributed by atoms with Gasteiger partial charge in [-0.25, -0.2) is 18.9 Å². The molecule has 2 fully saturated rings. The van der Waals surface area contributed by atoms with Gasteiger partial charge in [-0.1, -0.05) is 13.8 Å². The Bertz CT molecular complexity index is 1360. The molecule has 4 aromatic heterocycles. The summed E-state index contributed by atoms with van der Waals surface area (Å²) in [5.41, 5.74) is 1.37. The Balaban J connectivity index is 1.33. The smallest absolute Gasteiger partial charge is 0.244 e. The van der Waals surface area contributed by atoms with Gasteiger partial charge in [0.2, 0.25) is 17.6 Å². The lowest BCUT2D eigenvalue weighted by Gasteiger charge is -2.49. The molecule has 2 aliphatic rings. The first-order chi connectivity index (χ1) is 16.4. The van der Waals surface area contributed by atoms with E-state index in [2.05, 4.69) is 44.1 Å². The Hall–Kier alpha value is -3.31. The SMILES string of the molecule is COc1nc(N[C@H]2CCN(C3COC3)CC2(C)C)nn2cc(F)c(-c3cnc4nccn4c3)c12. The average molecular weight is 467 g/mol. The Morgan fingerprint density at radius 1 is 1.24 bits per heavy atom. The van der Waals surface area contributed by atoms with E-state index >= 15 is 4.39 Å². The number of imidazole rings is 1. The molecular formula is C23H27FN8O2. The first-order valence-corrected chi connectivity index (χ1v) is 11.4. The Morgan fingerprint density at radius 2 is 2.09 bits per heavy atom. The van der Waals surface area contributed by atoms with Crippen LogP contribution >= 0.6 is 0 Å². The number of anilines is 1. The summed E-state index contributed by atoms with van der Waals surface area (Å²) in [6.07, 6.45) is 9.09.